The van der Waals surface area contributed by atoms with Crippen LogP contribution >= 0.6 is 23.7 Å². The minimum atomic E-state index is 0. The Labute approximate surface area is 166 Å². The fourth-order valence-corrected chi connectivity index (χ4v) is 4.17. The predicted molar refractivity (Wildman–Crippen MR) is 110 cm³/mol. The Kier molecular flexibility index (Phi) is 8.92. The van der Waals surface area contributed by atoms with Crippen molar-refractivity contribution < 1.29 is 4.79 Å². The van der Waals surface area contributed by atoms with Crippen LogP contribution in [0.15, 0.2) is 42.0 Å². The van der Waals surface area contributed by atoms with Gasteiger partial charge >= 0.3 is 6.03 Å². The van der Waals surface area contributed by atoms with Crippen molar-refractivity contribution in [3.05, 3.63) is 52.5 Å². The third-order valence-corrected chi connectivity index (χ3v) is 5.80. The fraction of sp³-hybridized carbons (Fsp3) is 0.500. The molecule has 0 aromatic carbocycles. The maximum Gasteiger partial charge on any atom is 0.317 e. The molecule has 0 atom stereocenters. The van der Waals surface area contributed by atoms with Gasteiger partial charge in [-0.2, -0.15) is 0 Å². The Morgan fingerprint density at radius 2 is 1.96 bits per heavy atom. The summed E-state index contributed by atoms with van der Waals surface area (Å²) >= 11 is 1.71. The Bertz CT molecular complexity index is 630. The monoisotopic (exact) mass is 393 g/mol. The molecular formula is C20H28ClN3OS. The van der Waals surface area contributed by atoms with E-state index in [9.17, 15) is 4.79 Å². The summed E-state index contributed by atoms with van der Waals surface area (Å²) < 4.78 is 0. The Hall–Kier alpha value is -1.59. The molecule has 1 N–H and O–H groups in total. The van der Waals surface area contributed by atoms with Gasteiger partial charge in [-0.25, -0.2) is 4.79 Å². The highest BCUT2D eigenvalue weighted by molar-refractivity contribution is 7.09. The zero-order chi connectivity index (χ0) is 17.3. The van der Waals surface area contributed by atoms with Gasteiger partial charge in [0, 0.05) is 30.4 Å². The number of aromatic nitrogens is 1. The third kappa shape index (κ3) is 6.61. The van der Waals surface area contributed by atoms with E-state index in [4.69, 9.17) is 0 Å². The molecule has 4 nitrogen and oxygen atoms in total. The zero-order valence-electron chi connectivity index (χ0n) is 15.1. The molecule has 0 saturated heterocycles. The first-order chi connectivity index (χ1) is 12.3. The quantitative estimate of drug-likeness (QED) is 0.698. The Morgan fingerprint density at radius 3 is 2.65 bits per heavy atom. The summed E-state index contributed by atoms with van der Waals surface area (Å²) in [5, 5.41) is 5.14. The normalized spacial score (nSPS) is 14.5. The number of hydrogen-bond donors (Lipinski definition) is 1. The average Bonchev–Trinajstić information content (AvgIpc) is 3.18. The standard InChI is InChI=1S/C20H27N3OS.ClH/c24-20(22-15-18-8-11-21-12-9-18)23(16-19-7-4-14-25-19)13-10-17-5-2-1-3-6-17;/h4,7-9,11-12,14,17H,1-3,5-6,10,13,15-16H2,(H,22,24);1H. The molecule has 0 spiro atoms. The summed E-state index contributed by atoms with van der Waals surface area (Å²) in [4.78, 5) is 19.9. The Balaban J connectivity index is 0.00000243. The van der Waals surface area contributed by atoms with E-state index in [0.29, 0.717) is 13.1 Å². The predicted octanol–water partition coefficient (Wildman–Crippen LogP) is 5.25. The van der Waals surface area contributed by atoms with E-state index in [1.807, 2.05) is 23.1 Å². The molecule has 0 aliphatic heterocycles. The molecule has 2 aromatic heterocycles. The lowest BCUT2D eigenvalue weighted by molar-refractivity contribution is 0.187. The van der Waals surface area contributed by atoms with E-state index in [1.54, 1.807) is 23.7 Å². The molecule has 2 amide bonds. The van der Waals surface area contributed by atoms with Gasteiger partial charge in [0.2, 0.25) is 0 Å². The van der Waals surface area contributed by atoms with Crippen molar-refractivity contribution in [1.29, 1.82) is 0 Å². The van der Waals surface area contributed by atoms with E-state index in [0.717, 1.165) is 24.4 Å². The maximum absolute atomic E-state index is 12.7. The molecular weight excluding hydrogens is 366 g/mol. The van der Waals surface area contributed by atoms with Crippen LogP contribution in [0.4, 0.5) is 4.79 Å². The number of nitrogens with zero attached hydrogens (tertiary/aromatic N) is 2. The number of thiophene rings is 1. The van der Waals surface area contributed by atoms with Crippen LogP contribution in [0, 0.1) is 5.92 Å². The molecule has 2 heterocycles. The summed E-state index contributed by atoms with van der Waals surface area (Å²) in [6.07, 6.45) is 11.4. The number of carbonyl (C=O) groups excluding carboxylic acids is 1. The molecule has 142 valence electrons. The highest BCUT2D eigenvalue weighted by atomic mass is 35.5. The van der Waals surface area contributed by atoms with Gasteiger partial charge in [-0.3, -0.25) is 4.98 Å². The zero-order valence-corrected chi connectivity index (χ0v) is 16.7. The largest absolute Gasteiger partial charge is 0.334 e. The lowest BCUT2D eigenvalue weighted by atomic mass is 9.87. The molecule has 1 aliphatic rings. The number of carbonyl (C=O) groups is 1. The molecule has 0 radical (unpaired) electrons. The van der Waals surface area contributed by atoms with Crippen molar-refractivity contribution >= 4 is 29.8 Å². The van der Waals surface area contributed by atoms with E-state index >= 15 is 0 Å². The molecule has 6 heteroatoms. The van der Waals surface area contributed by atoms with Crippen LogP contribution < -0.4 is 5.32 Å². The first kappa shape index (κ1) is 20.7. The van der Waals surface area contributed by atoms with Gasteiger partial charge < -0.3 is 10.2 Å². The SMILES string of the molecule is Cl.O=C(NCc1ccncc1)N(CCC1CCCCC1)Cc1cccs1. The van der Waals surface area contributed by atoms with E-state index in [1.165, 1.54) is 37.0 Å². The number of urea groups is 1. The third-order valence-electron chi connectivity index (χ3n) is 4.94. The smallest absolute Gasteiger partial charge is 0.317 e. The number of nitrogens with one attached hydrogen (secondary N) is 1. The number of halogens is 1. The van der Waals surface area contributed by atoms with Crippen LogP contribution in [-0.4, -0.2) is 22.5 Å². The van der Waals surface area contributed by atoms with Gasteiger partial charge in [-0.05, 0) is 41.5 Å². The maximum atomic E-state index is 12.7. The molecule has 0 unspecified atom stereocenters. The van der Waals surface area contributed by atoms with Crippen LogP contribution in [0.1, 0.15) is 49.0 Å². The minimum Gasteiger partial charge on any atom is -0.334 e. The lowest BCUT2D eigenvalue weighted by Gasteiger charge is -2.27. The minimum absolute atomic E-state index is 0. The molecule has 1 saturated carbocycles. The van der Waals surface area contributed by atoms with Gasteiger partial charge in [0.05, 0.1) is 6.54 Å². The number of rotatable bonds is 7. The summed E-state index contributed by atoms with van der Waals surface area (Å²) in [5.74, 6) is 0.785. The molecule has 2 aromatic rings. The van der Waals surface area contributed by atoms with Crippen molar-refractivity contribution in [2.75, 3.05) is 6.54 Å². The van der Waals surface area contributed by atoms with E-state index in [2.05, 4.69) is 21.7 Å². The number of pyridine rings is 1. The van der Waals surface area contributed by atoms with Gasteiger partial charge in [0.25, 0.3) is 0 Å². The number of amides is 2. The van der Waals surface area contributed by atoms with Crippen LogP contribution in [0.3, 0.4) is 0 Å². The topological polar surface area (TPSA) is 45.2 Å². The van der Waals surface area contributed by atoms with Crippen LogP contribution in [0.5, 0.6) is 0 Å². The summed E-state index contributed by atoms with van der Waals surface area (Å²) in [5.41, 5.74) is 1.08. The lowest BCUT2D eigenvalue weighted by Crippen LogP contribution is -2.40. The highest BCUT2D eigenvalue weighted by Gasteiger charge is 2.18. The van der Waals surface area contributed by atoms with Gasteiger partial charge in [-0.1, -0.05) is 38.2 Å². The van der Waals surface area contributed by atoms with Gasteiger partial charge in [0.15, 0.2) is 0 Å². The molecule has 26 heavy (non-hydrogen) atoms. The van der Waals surface area contributed by atoms with Crippen molar-refractivity contribution in [3.63, 3.8) is 0 Å². The molecule has 3 rings (SSSR count). The first-order valence-electron chi connectivity index (χ1n) is 9.25. The second-order valence-electron chi connectivity index (χ2n) is 6.81. The average molecular weight is 394 g/mol. The van der Waals surface area contributed by atoms with E-state index in [-0.39, 0.29) is 18.4 Å². The van der Waals surface area contributed by atoms with Crippen molar-refractivity contribution in [2.45, 2.75) is 51.6 Å². The summed E-state index contributed by atoms with van der Waals surface area (Å²) in [7, 11) is 0. The van der Waals surface area contributed by atoms with Crippen LogP contribution in [0.25, 0.3) is 0 Å². The molecule has 1 aliphatic carbocycles. The van der Waals surface area contributed by atoms with Crippen molar-refractivity contribution in [2.24, 2.45) is 5.92 Å². The Morgan fingerprint density at radius 1 is 1.19 bits per heavy atom. The summed E-state index contributed by atoms with van der Waals surface area (Å²) in [6, 6.07) is 8.06. The van der Waals surface area contributed by atoms with Gasteiger partial charge in [-0.15, -0.1) is 23.7 Å². The van der Waals surface area contributed by atoms with E-state index < -0.39 is 0 Å². The summed E-state index contributed by atoms with van der Waals surface area (Å²) in [6.45, 7) is 2.09. The number of hydrogen-bond acceptors (Lipinski definition) is 3. The molecule has 1 fully saturated rings. The van der Waals surface area contributed by atoms with Crippen LogP contribution in [-0.2, 0) is 13.1 Å². The van der Waals surface area contributed by atoms with Crippen molar-refractivity contribution in [1.82, 2.24) is 15.2 Å². The van der Waals surface area contributed by atoms with Gasteiger partial charge in [0.1, 0.15) is 0 Å². The molecule has 0 bridgehead atoms. The fourth-order valence-electron chi connectivity index (χ4n) is 3.45. The second kappa shape index (κ2) is 11.2. The first-order valence-corrected chi connectivity index (χ1v) is 10.1. The van der Waals surface area contributed by atoms with Crippen LogP contribution in [0.2, 0.25) is 0 Å². The highest BCUT2D eigenvalue weighted by Crippen LogP contribution is 2.26. The van der Waals surface area contributed by atoms with Crippen molar-refractivity contribution in [3.8, 4) is 0 Å². The second-order valence-corrected chi connectivity index (χ2v) is 7.84.